The maximum absolute atomic E-state index is 13.3. The van der Waals surface area contributed by atoms with Gasteiger partial charge in [-0.1, -0.05) is 0 Å². The molecule has 0 aromatic carbocycles. The lowest BCUT2D eigenvalue weighted by Crippen LogP contribution is -2.50. The van der Waals surface area contributed by atoms with Crippen molar-refractivity contribution in [1.29, 1.82) is 0 Å². The maximum Gasteiger partial charge on any atom is 0.460 e. The quantitative estimate of drug-likeness (QED) is 0.871. The summed E-state index contributed by atoms with van der Waals surface area (Å²) in [5.74, 6) is -13.5. The summed E-state index contributed by atoms with van der Waals surface area (Å²) in [6, 6.07) is 0.608. The lowest BCUT2D eigenvalue weighted by atomic mass is 10.1. The van der Waals surface area contributed by atoms with E-state index in [1.54, 1.807) is 0 Å². The molecule has 1 rings (SSSR count). The van der Waals surface area contributed by atoms with Gasteiger partial charge in [-0.15, -0.1) is 0 Å². The SMILES string of the molecule is Cc1nc(C(F)(F)C(F)(F)C(F)(F)F)ccc1C(=O)O. The Labute approximate surface area is 107 Å². The van der Waals surface area contributed by atoms with Gasteiger partial charge in [-0.05, 0) is 19.1 Å². The number of pyridine rings is 1. The summed E-state index contributed by atoms with van der Waals surface area (Å²) in [6.45, 7) is 0.898. The van der Waals surface area contributed by atoms with Crippen molar-refractivity contribution in [1.82, 2.24) is 4.98 Å². The fourth-order valence-corrected chi connectivity index (χ4v) is 1.30. The molecule has 0 saturated carbocycles. The van der Waals surface area contributed by atoms with Crippen LogP contribution in [0.25, 0.3) is 0 Å². The number of hydrogen-bond donors (Lipinski definition) is 1. The van der Waals surface area contributed by atoms with Crippen LogP contribution in [0.1, 0.15) is 21.7 Å². The first-order valence-electron chi connectivity index (χ1n) is 4.86. The van der Waals surface area contributed by atoms with Gasteiger partial charge < -0.3 is 5.11 Å². The molecule has 112 valence electrons. The van der Waals surface area contributed by atoms with Crippen LogP contribution in [0.5, 0.6) is 0 Å². The third kappa shape index (κ3) is 2.41. The number of hydrogen-bond acceptors (Lipinski definition) is 2. The molecule has 10 heteroatoms. The summed E-state index contributed by atoms with van der Waals surface area (Å²) in [7, 11) is 0. The van der Waals surface area contributed by atoms with E-state index in [1.807, 2.05) is 0 Å². The molecule has 0 unspecified atom stereocenters. The molecule has 0 atom stereocenters. The topological polar surface area (TPSA) is 50.2 Å². The number of carboxylic acid groups (broad SMARTS) is 1. The zero-order valence-corrected chi connectivity index (χ0v) is 9.60. The molecule has 20 heavy (non-hydrogen) atoms. The van der Waals surface area contributed by atoms with Crippen molar-refractivity contribution in [2.75, 3.05) is 0 Å². The second kappa shape index (κ2) is 4.60. The van der Waals surface area contributed by atoms with Gasteiger partial charge in [0.2, 0.25) is 0 Å². The Kier molecular flexibility index (Phi) is 3.72. The highest BCUT2D eigenvalue weighted by atomic mass is 19.4. The molecule has 0 bridgehead atoms. The molecule has 1 heterocycles. The van der Waals surface area contributed by atoms with Gasteiger partial charge in [-0.3, -0.25) is 4.98 Å². The molecule has 1 aromatic rings. The van der Waals surface area contributed by atoms with Crippen LogP contribution in [0.3, 0.4) is 0 Å². The Hall–Kier alpha value is -1.87. The zero-order chi connectivity index (χ0) is 15.9. The lowest BCUT2D eigenvalue weighted by Gasteiger charge is -2.27. The molecule has 1 N–H and O–H groups in total. The molecule has 0 amide bonds. The van der Waals surface area contributed by atoms with Gasteiger partial charge in [0.25, 0.3) is 0 Å². The van der Waals surface area contributed by atoms with Crippen LogP contribution in [0.4, 0.5) is 30.7 Å². The monoisotopic (exact) mass is 305 g/mol. The Balaban J connectivity index is 3.37. The minimum Gasteiger partial charge on any atom is -0.478 e. The zero-order valence-electron chi connectivity index (χ0n) is 9.60. The summed E-state index contributed by atoms with van der Waals surface area (Å²) in [5, 5.41) is 8.59. The van der Waals surface area contributed by atoms with Crippen molar-refractivity contribution in [3.63, 3.8) is 0 Å². The third-order valence-electron chi connectivity index (χ3n) is 2.39. The molecule has 0 fully saturated rings. The molecule has 0 aliphatic carbocycles. The summed E-state index contributed by atoms with van der Waals surface area (Å²) in [5.41, 5.74) is -3.05. The highest BCUT2D eigenvalue weighted by Gasteiger charge is 2.74. The van der Waals surface area contributed by atoms with E-state index in [0.717, 1.165) is 6.92 Å². The molecule has 0 saturated heterocycles. The van der Waals surface area contributed by atoms with Crippen molar-refractivity contribution in [3.8, 4) is 0 Å². The highest BCUT2D eigenvalue weighted by molar-refractivity contribution is 5.88. The fourth-order valence-electron chi connectivity index (χ4n) is 1.30. The number of alkyl halides is 7. The van der Waals surface area contributed by atoms with Crippen molar-refractivity contribution < 1.29 is 40.6 Å². The average Bonchev–Trinajstić information content (AvgIpc) is 2.26. The van der Waals surface area contributed by atoms with E-state index in [1.165, 1.54) is 0 Å². The predicted molar refractivity (Wildman–Crippen MR) is 50.8 cm³/mol. The Morgan fingerprint density at radius 2 is 1.60 bits per heavy atom. The molecule has 0 spiro atoms. The highest BCUT2D eigenvalue weighted by Crippen LogP contribution is 2.51. The molecule has 0 aliphatic rings. The standard InChI is InChI=1S/C10H6F7NO2/c1-4-5(7(19)20)2-3-6(18-4)8(11,12)9(13,14)10(15,16)17/h2-3H,1H3,(H,19,20). The van der Waals surface area contributed by atoms with Crippen molar-refractivity contribution >= 4 is 5.97 Å². The number of nitrogens with zero attached hydrogens (tertiary/aromatic N) is 1. The first-order valence-corrected chi connectivity index (χ1v) is 4.86. The molecule has 1 aromatic heterocycles. The van der Waals surface area contributed by atoms with Gasteiger partial charge in [0, 0.05) is 0 Å². The van der Waals surface area contributed by atoms with Gasteiger partial charge in [0.15, 0.2) is 0 Å². The predicted octanol–water partition coefficient (Wildman–Crippen LogP) is 3.38. The first-order chi connectivity index (χ1) is 8.82. The second-order valence-electron chi connectivity index (χ2n) is 3.78. The van der Waals surface area contributed by atoms with Gasteiger partial charge in [0.05, 0.1) is 11.3 Å². The Morgan fingerprint density at radius 1 is 1.10 bits per heavy atom. The number of halogens is 7. The number of aryl methyl sites for hydroxylation is 1. The van der Waals surface area contributed by atoms with E-state index >= 15 is 0 Å². The van der Waals surface area contributed by atoms with E-state index in [4.69, 9.17) is 5.11 Å². The number of carboxylic acids is 1. The molecule has 0 radical (unpaired) electrons. The number of rotatable bonds is 3. The summed E-state index contributed by atoms with van der Waals surface area (Å²) < 4.78 is 87.9. The van der Waals surface area contributed by atoms with Crippen LogP contribution in [-0.4, -0.2) is 28.2 Å². The normalized spacial score (nSPS) is 13.4. The van der Waals surface area contributed by atoms with Gasteiger partial charge in [-0.2, -0.15) is 30.7 Å². The summed E-state index contributed by atoms with van der Waals surface area (Å²) in [4.78, 5) is 13.4. The van der Waals surface area contributed by atoms with Crippen LogP contribution in [0, 0.1) is 6.92 Å². The van der Waals surface area contributed by atoms with Crippen LogP contribution < -0.4 is 0 Å². The van der Waals surface area contributed by atoms with Crippen LogP contribution in [0.2, 0.25) is 0 Å². The number of carbonyl (C=O) groups is 1. The lowest BCUT2D eigenvalue weighted by molar-refractivity contribution is -0.360. The minimum absolute atomic E-state index is 0.121. The Morgan fingerprint density at radius 3 is 1.95 bits per heavy atom. The molecular weight excluding hydrogens is 299 g/mol. The first kappa shape index (κ1) is 16.2. The minimum atomic E-state index is -6.47. The maximum atomic E-state index is 13.3. The van der Waals surface area contributed by atoms with Crippen LogP contribution in [-0.2, 0) is 5.92 Å². The molecular formula is C10H6F7NO2. The van der Waals surface area contributed by atoms with Gasteiger partial charge in [0.1, 0.15) is 5.69 Å². The van der Waals surface area contributed by atoms with Gasteiger partial charge >= 0.3 is 24.0 Å². The molecule has 0 aliphatic heterocycles. The van der Waals surface area contributed by atoms with E-state index in [0.29, 0.717) is 6.07 Å². The van der Waals surface area contributed by atoms with Crippen LogP contribution in [0.15, 0.2) is 12.1 Å². The van der Waals surface area contributed by atoms with Crippen molar-refractivity contribution in [2.45, 2.75) is 24.9 Å². The largest absolute Gasteiger partial charge is 0.478 e. The van der Waals surface area contributed by atoms with Gasteiger partial charge in [-0.25, -0.2) is 4.79 Å². The van der Waals surface area contributed by atoms with E-state index < -0.39 is 40.9 Å². The number of aromatic carboxylic acids is 1. The van der Waals surface area contributed by atoms with E-state index in [-0.39, 0.29) is 6.07 Å². The van der Waals surface area contributed by atoms with Crippen LogP contribution >= 0.6 is 0 Å². The van der Waals surface area contributed by atoms with E-state index in [2.05, 4.69) is 4.98 Å². The molecule has 3 nitrogen and oxygen atoms in total. The second-order valence-corrected chi connectivity index (χ2v) is 3.78. The summed E-state index contributed by atoms with van der Waals surface area (Å²) >= 11 is 0. The Bertz CT molecular complexity index is 539. The average molecular weight is 305 g/mol. The smallest absolute Gasteiger partial charge is 0.460 e. The summed E-state index contributed by atoms with van der Waals surface area (Å²) in [6.07, 6.45) is -6.47. The number of aromatic nitrogens is 1. The van der Waals surface area contributed by atoms with E-state index in [9.17, 15) is 35.5 Å². The van der Waals surface area contributed by atoms with Crippen molar-refractivity contribution in [2.24, 2.45) is 0 Å². The third-order valence-corrected chi connectivity index (χ3v) is 2.39. The fraction of sp³-hybridized carbons (Fsp3) is 0.400. The van der Waals surface area contributed by atoms with Crippen molar-refractivity contribution in [3.05, 3.63) is 29.1 Å².